The minimum Gasteiger partial charge on any atom is -0.381 e. The zero-order valence-corrected chi connectivity index (χ0v) is 12.3. The van der Waals surface area contributed by atoms with Gasteiger partial charge >= 0.3 is 0 Å². The summed E-state index contributed by atoms with van der Waals surface area (Å²) in [5, 5.41) is 7.94. The number of rotatable bonds is 4. The van der Waals surface area contributed by atoms with Gasteiger partial charge in [-0.3, -0.25) is 0 Å². The van der Waals surface area contributed by atoms with Crippen LogP contribution >= 0.6 is 11.8 Å². The van der Waals surface area contributed by atoms with E-state index in [-0.39, 0.29) is 0 Å². The standard InChI is InChI=1S/C16H24N2S/c1-2-6-15(5-1)19-16-9-7-13(8-10-16)18-14-4-3-11-17-12-14/h7-10,14-15,17-18H,1-6,11-12H2. The number of hydrogen-bond donors (Lipinski definition) is 2. The van der Waals surface area contributed by atoms with E-state index in [1.54, 1.807) is 0 Å². The monoisotopic (exact) mass is 276 g/mol. The van der Waals surface area contributed by atoms with Gasteiger partial charge in [0.05, 0.1) is 0 Å². The van der Waals surface area contributed by atoms with Crippen molar-refractivity contribution in [2.75, 3.05) is 18.4 Å². The molecule has 104 valence electrons. The summed E-state index contributed by atoms with van der Waals surface area (Å²) in [6.45, 7) is 2.27. The van der Waals surface area contributed by atoms with E-state index >= 15 is 0 Å². The smallest absolute Gasteiger partial charge is 0.0386 e. The number of piperidine rings is 1. The van der Waals surface area contributed by atoms with Crippen molar-refractivity contribution in [2.24, 2.45) is 0 Å². The maximum absolute atomic E-state index is 3.63. The van der Waals surface area contributed by atoms with Crippen molar-refractivity contribution < 1.29 is 0 Å². The molecule has 0 bridgehead atoms. The van der Waals surface area contributed by atoms with Gasteiger partial charge in [0, 0.05) is 28.4 Å². The summed E-state index contributed by atoms with van der Waals surface area (Å²) in [5.41, 5.74) is 1.27. The number of thioether (sulfide) groups is 1. The summed E-state index contributed by atoms with van der Waals surface area (Å²) in [6, 6.07) is 9.64. The van der Waals surface area contributed by atoms with Crippen molar-refractivity contribution in [3.05, 3.63) is 24.3 Å². The van der Waals surface area contributed by atoms with E-state index in [4.69, 9.17) is 0 Å². The molecule has 1 aromatic carbocycles. The molecule has 1 saturated carbocycles. The van der Waals surface area contributed by atoms with Gasteiger partial charge in [0.15, 0.2) is 0 Å². The summed E-state index contributed by atoms with van der Waals surface area (Å²) >= 11 is 2.07. The molecule has 1 saturated heterocycles. The fourth-order valence-electron chi connectivity index (χ4n) is 3.04. The van der Waals surface area contributed by atoms with Gasteiger partial charge < -0.3 is 10.6 Å². The molecule has 2 fully saturated rings. The Morgan fingerprint density at radius 3 is 2.47 bits per heavy atom. The summed E-state index contributed by atoms with van der Waals surface area (Å²) < 4.78 is 0. The Labute approximate surface area is 120 Å². The summed E-state index contributed by atoms with van der Waals surface area (Å²) in [5.74, 6) is 0. The lowest BCUT2D eigenvalue weighted by Gasteiger charge is -2.24. The minimum absolute atomic E-state index is 0.599. The predicted octanol–water partition coefficient (Wildman–Crippen LogP) is 3.89. The molecule has 0 radical (unpaired) electrons. The lowest BCUT2D eigenvalue weighted by atomic mass is 10.1. The predicted molar refractivity (Wildman–Crippen MR) is 84.1 cm³/mol. The second kappa shape index (κ2) is 6.67. The molecule has 3 rings (SSSR count). The molecule has 1 unspecified atom stereocenters. The van der Waals surface area contributed by atoms with Crippen LogP contribution in [0.25, 0.3) is 0 Å². The van der Waals surface area contributed by atoms with E-state index in [1.165, 1.54) is 55.7 Å². The average molecular weight is 276 g/mol. The molecule has 0 aromatic heterocycles. The van der Waals surface area contributed by atoms with Crippen LogP contribution in [0.3, 0.4) is 0 Å². The van der Waals surface area contributed by atoms with Gasteiger partial charge in [-0.2, -0.15) is 0 Å². The molecule has 3 heteroatoms. The van der Waals surface area contributed by atoms with Gasteiger partial charge in [0.2, 0.25) is 0 Å². The fraction of sp³-hybridized carbons (Fsp3) is 0.625. The third kappa shape index (κ3) is 3.90. The molecule has 1 aromatic rings. The van der Waals surface area contributed by atoms with Crippen LogP contribution in [0.2, 0.25) is 0 Å². The Morgan fingerprint density at radius 2 is 1.79 bits per heavy atom. The first-order valence-electron chi connectivity index (χ1n) is 7.64. The van der Waals surface area contributed by atoms with E-state index in [0.29, 0.717) is 6.04 Å². The van der Waals surface area contributed by atoms with Crippen molar-refractivity contribution >= 4 is 17.4 Å². The highest BCUT2D eigenvalue weighted by atomic mass is 32.2. The normalized spacial score (nSPS) is 24.5. The minimum atomic E-state index is 0.599. The Kier molecular flexibility index (Phi) is 4.67. The molecule has 2 N–H and O–H groups in total. The number of anilines is 1. The first-order chi connectivity index (χ1) is 9.40. The Balaban J connectivity index is 1.52. The first-order valence-corrected chi connectivity index (χ1v) is 8.52. The van der Waals surface area contributed by atoms with Crippen molar-refractivity contribution in [3.63, 3.8) is 0 Å². The maximum atomic E-state index is 3.63. The van der Waals surface area contributed by atoms with Crippen LogP contribution in [0.5, 0.6) is 0 Å². The van der Waals surface area contributed by atoms with Crippen LogP contribution in [-0.4, -0.2) is 24.4 Å². The first kappa shape index (κ1) is 13.3. The quantitative estimate of drug-likeness (QED) is 0.872. The molecule has 0 amide bonds. The van der Waals surface area contributed by atoms with Gasteiger partial charge in [-0.05, 0) is 56.5 Å². The molecule has 2 nitrogen and oxygen atoms in total. The third-order valence-corrected chi connectivity index (χ3v) is 5.48. The van der Waals surface area contributed by atoms with Crippen LogP contribution < -0.4 is 10.6 Å². The number of nitrogens with one attached hydrogen (secondary N) is 2. The van der Waals surface area contributed by atoms with Crippen LogP contribution in [0.1, 0.15) is 38.5 Å². The van der Waals surface area contributed by atoms with Crippen molar-refractivity contribution in [1.29, 1.82) is 0 Å². The molecular weight excluding hydrogens is 252 g/mol. The van der Waals surface area contributed by atoms with Crippen LogP contribution in [-0.2, 0) is 0 Å². The van der Waals surface area contributed by atoms with Crippen LogP contribution in [0.4, 0.5) is 5.69 Å². The summed E-state index contributed by atoms with van der Waals surface area (Å²) in [7, 11) is 0. The highest BCUT2D eigenvalue weighted by molar-refractivity contribution is 8.00. The molecule has 1 atom stereocenters. The lowest BCUT2D eigenvalue weighted by Crippen LogP contribution is -2.38. The molecule has 1 heterocycles. The Bertz CT molecular complexity index is 378. The summed E-state index contributed by atoms with van der Waals surface area (Å²) in [4.78, 5) is 1.43. The van der Waals surface area contributed by atoms with Crippen molar-refractivity contribution in [2.45, 2.75) is 54.7 Å². The highest BCUT2D eigenvalue weighted by Gasteiger charge is 2.16. The Hall–Kier alpha value is -0.670. The van der Waals surface area contributed by atoms with E-state index in [2.05, 4.69) is 46.7 Å². The molecule has 19 heavy (non-hydrogen) atoms. The van der Waals surface area contributed by atoms with Gasteiger partial charge in [-0.25, -0.2) is 0 Å². The molecule has 1 aliphatic heterocycles. The van der Waals surface area contributed by atoms with Gasteiger partial charge in [-0.15, -0.1) is 11.8 Å². The largest absolute Gasteiger partial charge is 0.381 e. The topological polar surface area (TPSA) is 24.1 Å². The highest BCUT2D eigenvalue weighted by Crippen LogP contribution is 2.35. The molecular formula is C16H24N2S. The number of benzene rings is 1. The lowest BCUT2D eigenvalue weighted by molar-refractivity contribution is 0.480. The van der Waals surface area contributed by atoms with E-state index < -0.39 is 0 Å². The van der Waals surface area contributed by atoms with Crippen molar-refractivity contribution in [3.8, 4) is 0 Å². The van der Waals surface area contributed by atoms with Gasteiger partial charge in [0.1, 0.15) is 0 Å². The average Bonchev–Trinajstić information content (AvgIpc) is 2.95. The zero-order chi connectivity index (χ0) is 12.9. The molecule has 1 aliphatic carbocycles. The van der Waals surface area contributed by atoms with Crippen LogP contribution in [0, 0.1) is 0 Å². The SMILES string of the molecule is c1cc(SC2CCCC2)ccc1NC1CCCNC1. The van der Waals surface area contributed by atoms with Crippen molar-refractivity contribution in [1.82, 2.24) is 5.32 Å². The van der Waals surface area contributed by atoms with E-state index in [1.807, 2.05) is 0 Å². The maximum Gasteiger partial charge on any atom is 0.0386 e. The van der Waals surface area contributed by atoms with Gasteiger partial charge in [-0.1, -0.05) is 12.8 Å². The Morgan fingerprint density at radius 1 is 1.00 bits per heavy atom. The zero-order valence-electron chi connectivity index (χ0n) is 11.5. The second-order valence-corrected chi connectivity index (χ2v) is 7.11. The number of hydrogen-bond acceptors (Lipinski definition) is 3. The fourth-order valence-corrected chi connectivity index (χ4v) is 4.29. The van der Waals surface area contributed by atoms with E-state index in [0.717, 1.165) is 11.8 Å². The second-order valence-electron chi connectivity index (χ2n) is 5.74. The van der Waals surface area contributed by atoms with Crippen LogP contribution in [0.15, 0.2) is 29.2 Å². The molecule has 0 spiro atoms. The molecule has 2 aliphatic rings. The summed E-state index contributed by atoms with van der Waals surface area (Å²) in [6.07, 6.45) is 8.22. The third-order valence-electron chi connectivity index (χ3n) is 4.13. The van der Waals surface area contributed by atoms with E-state index in [9.17, 15) is 0 Å². The van der Waals surface area contributed by atoms with Gasteiger partial charge in [0.25, 0.3) is 0 Å².